The Morgan fingerprint density at radius 1 is 1.30 bits per heavy atom. The van der Waals surface area contributed by atoms with E-state index in [1.807, 2.05) is 12.1 Å². The summed E-state index contributed by atoms with van der Waals surface area (Å²) in [7, 11) is 3.92. The summed E-state index contributed by atoms with van der Waals surface area (Å²) in [6.45, 7) is 5.84. The fourth-order valence-corrected chi connectivity index (χ4v) is 3.79. The number of benzene rings is 1. The molecule has 124 valence electrons. The first kappa shape index (κ1) is 14.9. The van der Waals surface area contributed by atoms with Gasteiger partial charge in [-0.15, -0.1) is 0 Å². The summed E-state index contributed by atoms with van der Waals surface area (Å²) in [4.78, 5) is 4.99. The van der Waals surface area contributed by atoms with Crippen molar-refractivity contribution in [3.8, 4) is 5.75 Å². The molecule has 23 heavy (non-hydrogen) atoms. The van der Waals surface area contributed by atoms with Gasteiger partial charge in [0.15, 0.2) is 0 Å². The molecule has 3 heterocycles. The maximum atomic E-state index is 5.81. The van der Waals surface area contributed by atoms with Crippen LogP contribution in [0.4, 0.5) is 0 Å². The van der Waals surface area contributed by atoms with Crippen LogP contribution in [-0.2, 0) is 11.3 Å². The average Bonchev–Trinajstić information content (AvgIpc) is 2.76. The molecule has 0 saturated carbocycles. The third-order valence-electron chi connectivity index (χ3n) is 5.04. The molecule has 2 aliphatic rings. The highest BCUT2D eigenvalue weighted by Gasteiger charge is 2.31. The molecule has 1 aromatic carbocycles. The van der Waals surface area contributed by atoms with Gasteiger partial charge in [0.1, 0.15) is 5.75 Å². The Kier molecular flexibility index (Phi) is 3.97. The summed E-state index contributed by atoms with van der Waals surface area (Å²) >= 11 is 0. The molecule has 2 aliphatic heterocycles. The van der Waals surface area contributed by atoms with Crippen LogP contribution in [-0.4, -0.2) is 73.0 Å². The van der Waals surface area contributed by atoms with Crippen molar-refractivity contribution in [2.45, 2.75) is 12.6 Å². The van der Waals surface area contributed by atoms with E-state index in [1.54, 1.807) is 7.11 Å². The van der Waals surface area contributed by atoms with Crippen molar-refractivity contribution < 1.29 is 9.47 Å². The number of H-pyrrole nitrogens is 1. The minimum Gasteiger partial charge on any atom is -0.497 e. The second-order valence-corrected chi connectivity index (χ2v) is 6.78. The van der Waals surface area contributed by atoms with Gasteiger partial charge in [0.2, 0.25) is 0 Å². The number of aromatic amines is 1. The maximum absolute atomic E-state index is 5.81. The van der Waals surface area contributed by atoms with E-state index in [1.165, 1.54) is 5.69 Å². The van der Waals surface area contributed by atoms with Crippen molar-refractivity contribution in [2.75, 3.05) is 47.0 Å². The molecular weight excluding hydrogens is 292 g/mol. The first-order valence-corrected chi connectivity index (χ1v) is 8.24. The van der Waals surface area contributed by atoms with E-state index in [0.29, 0.717) is 12.0 Å². The summed E-state index contributed by atoms with van der Waals surface area (Å²) in [5.74, 6) is 1.46. The predicted octanol–water partition coefficient (Wildman–Crippen LogP) is 1.33. The van der Waals surface area contributed by atoms with E-state index in [9.17, 15) is 0 Å². The Hall–Kier alpha value is -1.63. The first-order valence-electron chi connectivity index (χ1n) is 8.24. The molecule has 0 radical (unpaired) electrons. The predicted molar refractivity (Wildman–Crippen MR) is 88.6 cm³/mol. The molecule has 2 saturated heterocycles. The highest BCUT2D eigenvalue weighted by molar-refractivity contribution is 5.82. The lowest BCUT2D eigenvalue weighted by atomic mass is 10.1. The summed E-state index contributed by atoms with van der Waals surface area (Å²) in [5.41, 5.74) is 2.17. The zero-order valence-electron chi connectivity index (χ0n) is 13.8. The van der Waals surface area contributed by atoms with Crippen molar-refractivity contribution in [3.05, 3.63) is 23.9 Å². The molecule has 6 heteroatoms. The molecule has 0 aliphatic carbocycles. The van der Waals surface area contributed by atoms with Crippen molar-refractivity contribution in [2.24, 2.45) is 5.92 Å². The van der Waals surface area contributed by atoms with E-state index in [0.717, 1.165) is 56.0 Å². The van der Waals surface area contributed by atoms with Crippen LogP contribution in [0.15, 0.2) is 18.2 Å². The van der Waals surface area contributed by atoms with Crippen LogP contribution >= 0.6 is 0 Å². The smallest absolute Gasteiger partial charge is 0.119 e. The van der Waals surface area contributed by atoms with Gasteiger partial charge >= 0.3 is 0 Å². The van der Waals surface area contributed by atoms with E-state index < -0.39 is 0 Å². The standard InChI is InChI=1S/C17H24N4O2/c1-20-6-12-7-21(8-13(20)11-23-10-12)9-17-15-5-14(22-2)3-4-16(15)18-19-17/h3-5,12-13H,6-11H2,1-2H3,(H,18,19)/t12-,13+/m1/s1. The third-order valence-corrected chi connectivity index (χ3v) is 5.04. The molecule has 2 fully saturated rings. The van der Waals surface area contributed by atoms with E-state index in [2.05, 4.69) is 33.1 Å². The highest BCUT2D eigenvalue weighted by Crippen LogP contribution is 2.25. The fourth-order valence-electron chi connectivity index (χ4n) is 3.79. The number of methoxy groups -OCH3 is 1. The molecule has 2 aromatic rings. The van der Waals surface area contributed by atoms with Crippen LogP contribution in [0, 0.1) is 5.92 Å². The lowest BCUT2D eigenvalue weighted by molar-refractivity contribution is 0.0513. The van der Waals surface area contributed by atoms with E-state index in [-0.39, 0.29) is 0 Å². The zero-order chi connectivity index (χ0) is 15.8. The van der Waals surface area contributed by atoms with E-state index in [4.69, 9.17) is 9.47 Å². The van der Waals surface area contributed by atoms with E-state index >= 15 is 0 Å². The fraction of sp³-hybridized carbons (Fsp3) is 0.588. The monoisotopic (exact) mass is 316 g/mol. The van der Waals surface area contributed by atoms with Gasteiger partial charge < -0.3 is 9.47 Å². The Morgan fingerprint density at radius 2 is 2.22 bits per heavy atom. The molecule has 1 N–H and O–H groups in total. The number of rotatable bonds is 3. The normalized spacial score (nSPS) is 26.3. The molecule has 4 rings (SSSR count). The molecule has 2 atom stereocenters. The number of nitrogens with zero attached hydrogens (tertiary/aromatic N) is 3. The lowest BCUT2D eigenvalue weighted by Crippen LogP contribution is -2.42. The second-order valence-electron chi connectivity index (χ2n) is 6.78. The summed E-state index contributed by atoms with van der Waals surface area (Å²) in [6, 6.07) is 6.51. The molecule has 0 spiro atoms. The number of fused-ring (bicyclic) bond motifs is 4. The zero-order valence-corrected chi connectivity index (χ0v) is 13.8. The van der Waals surface area contributed by atoms with Gasteiger partial charge in [-0.2, -0.15) is 5.10 Å². The van der Waals surface area contributed by atoms with Gasteiger partial charge in [-0.3, -0.25) is 14.9 Å². The topological polar surface area (TPSA) is 53.6 Å². The minimum absolute atomic E-state index is 0.478. The first-order chi connectivity index (χ1) is 11.2. The van der Waals surface area contributed by atoms with Crippen molar-refractivity contribution >= 4 is 10.9 Å². The maximum Gasteiger partial charge on any atom is 0.119 e. The van der Waals surface area contributed by atoms with Gasteiger partial charge in [0, 0.05) is 43.5 Å². The number of likely N-dealkylation sites (N-methyl/N-ethyl adjacent to an activating group) is 1. The average molecular weight is 316 g/mol. The van der Waals surface area contributed by atoms with Gasteiger partial charge in [-0.1, -0.05) is 0 Å². The van der Waals surface area contributed by atoms with Crippen molar-refractivity contribution in [1.29, 1.82) is 0 Å². The molecule has 2 bridgehead atoms. The van der Waals surface area contributed by atoms with Gasteiger partial charge in [0.05, 0.1) is 31.5 Å². The van der Waals surface area contributed by atoms with Crippen molar-refractivity contribution in [3.63, 3.8) is 0 Å². The van der Waals surface area contributed by atoms with Crippen LogP contribution < -0.4 is 4.74 Å². The Balaban J connectivity index is 1.58. The largest absolute Gasteiger partial charge is 0.497 e. The third kappa shape index (κ3) is 2.94. The summed E-state index contributed by atoms with van der Waals surface area (Å²) in [6.07, 6.45) is 0. The number of hydrogen-bond acceptors (Lipinski definition) is 5. The lowest BCUT2D eigenvalue weighted by Gasteiger charge is -2.29. The highest BCUT2D eigenvalue weighted by atomic mass is 16.5. The van der Waals surface area contributed by atoms with Crippen LogP contribution in [0.3, 0.4) is 0 Å². The minimum atomic E-state index is 0.478. The Bertz CT molecular complexity index is 686. The SMILES string of the molecule is COc1ccc2n[nH]c(CN3C[C@@H]4COC[C@H](C3)N(C)C4)c2c1. The quantitative estimate of drug-likeness (QED) is 0.926. The number of ether oxygens (including phenoxy) is 2. The van der Waals surface area contributed by atoms with Crippen molar-refractivity contribution in [1.82, 2.24) is 20.0 Å². The number of aromatic nitrogens is 2. The van der Waals surface area contributed by atoms with Crippen LogP contribution in [0.5, 0.6) is 5.75 Å². The molecule has 6 nitrogen and oxygen atoms in total. The number of nitrogens with one attached hydrogen (secondary N) is 1. The summed E-state index contributed by atoms with van der Waals surface area (Å²) < 4.78 is 11.2. The second kappa shape index (κ2) is 6.11. The van der Waals surface area contributed by atoms with Crippen LogP contribution in [0.2, 0.25) is 0 Å². The Morgan fingerprint density at radius 3 is 3.09 bits per heavy atom. The molecular formula is C17H24N4O2. The Labute approximate surface area is 136 Å². The van der Waals surface area contributed by atoms with Gasteiger partial charge in [-0.05, 0) is 25.2 Å². The van der Waals surface area contributed by atoms with Gasteiger partial charge in [0.25, 0.3) is 0 Å². The molecule has 1 aromatic heterocycles. The van der Waals surface area contributed by atoms with Crippen LogP contribution in [0.1, 0.15) is 5.69 Å². The van der Waals surface area contributed by atoms with Crippen LogP contribution in [0.25, 0.3) is 10.9 Å². The van der Waals surface area contributed by atoms with Gasteiger partial charge in [-0.25, -0.2) is 0 Å². The number of hydrogen-bond donors (Lipinski definition) is 1. The molecule has 0 unspecified atom stereocenters. The summed E-state index contributed by atoms with van der Waals surface area (Å²) in [5, 5.41) is 8.80. The molecule has 0 amide bonds.